The van der Waals surface area contributed by atoms with Crippen LogP contribution in [0.15, 0.2) is 53.0 Å². The molecule has 98 valence electrons. The molecule has 19 heavy (non-hydrogen) atoms. The Hall–Kier alpha value is -0.470. The van der Waals surface area contributed by atoms with E-state index in [2.05, 4.69) is 15.9 Å². The maximum atomic E-state index is 6.44. The summed E-state index contributed by atoms with van der Waals surface area (Å²) in [5.74, 6) is 0.301. The summed E-state index contributed by atoms with van der Waals surface area (Å²) in [6.45, 7) is 0. The van der Waals surface area contributed by atoms with Gasteiger partial charge in [0.1, 0.15) is 0 Å². The first-order chi connectivity index (χ1) is 9.13. The van der Waals surface area contributed by atoms with E-state index in [1.807, 2.05) is 48.5 Å². The Kier molecular flexibility index (Phi) is 5.35. The maximum absolute atomic E-state index is 6.44. The number of hydrogen-bond acceptors (Lipinski definition) is 0. The molecular formula is C15H10BrCl3. The lowest BCUT2D eigenvalue weighted by Gasteiger charge is -2.11. The molecule has 2 rings (SSSR count). The van der Waals surface area contributed by atoms with Gasteiger partial charge < -0.3 is 0 Å². The Morgan fingerprint density at radius 1 is 1.05 bits per heavy atom. The average molecular weight is 377 g/mol. The van der Waals surface area contributed by atoms with Gasteiger partial charge in [-0.1, -0.05) is 75.5 Å². The van der Waals surface area contributed by atoms with Crippen LogP contribution in [0.4, 0.5) is 0 Å². The van der Waals surface area contributed by atoms with Crippen LogP contribution in [0.25, 0.3) is 10.6 Å². The van der Waals surface area contributed by atoms with Gasteiger partial charge in [0.25, 0.3) is 0 Å². The van der Waals surface area contributed by atoms with Crippen molar-refractivity contribution in [3.8, 4) is 0 Å². The fourth-order valence-electron chi connectivity index (χ4n) is 1.74. The van der Waals surface area contributed by atoms with Gasteiger partial charge in [-0.15, -0.1) is 11.6 Å². The summed E-state index contributed by atoms with van der Waals surface area (Å²) < 4.78 is 0.922. The van der Waals surface area contributed by atoms with Crippen LogP contribution in [0, 0.1) is 0 Å². The molecule has 0 aliphatic carbocycles. The van der Waals surface area contributed by atoms with E-state index in [9.17, 15) is 0 Å². The Morgan fingerprint density at radius 2 is 1.74 bits per heavy atom. The van der Waals surface area contributed by atoms with Gasteiger partial charge in [-0.05, 0) is 28.8 Å². The van der Waals surface area contributed by atoms with Gasteiger partial charge in [-0.3, -0.25) is 0 Å². The molecule has 0 aliphatic rings. The Balaban J connectivity index is 2.55. The van der Waals surface area contributed by atoms with Crippen molar-refractivity contribution in [3.63, 3.8) is 0 Å². The van der Waals surface area contributed by atoms with Gasteiger partial charge >= 0.3 is 0 Å². The summed E-state index contributed by atoms with van der Waals surface area (Å²) in [5.41, 5.74) is 2.61. The minimum Gasteiger partial charge on any atom is -0.121 e. The van der Waals surface area contributed by atoms with Crippen molar-refractivity contribution in [2.45, 2.75) is 0 Å². The Morgan fingerprint density at radius 3 is 2.32 bits per heavy atom. The molecule has 4 heteroatoms. The zero-order valence-electron chi connectivity index (χ0n) is 9.84. The highest BCUT2D eigenvalue weighted by Gasteiger charge is 2.12. The van der Waals surface area contributed by atoms with Crippen molar-refractivity contribution in [2.75, 3.05) is 5.88 Å². The normalized spacial score (nSPS) is 12.2. The smallest absolute Gasteiger partial charge is 0.0529 e. The van der Waals surface area contributed by atoms with Crippen LogP contribution < -0.4 is 0 Å². The van der Waals surface area contributed by atoms with E-state index in [0.29, 0.717) is 15.9 Å². The molecule has 0 nitrogen and oxygen atoms in total. The first-order valence-electron chi connectivity index (χ1n) is 5.59. The van der Waals surface area contributed by atoms with Crippen LogP contribution in [-0.2, 0) is 0 Å². The summed E-state index contributed by atoms with van der Waals surface area (Å²) in [6.07, 6.45) is 0. The fraction of sp³-hybridized carbons (Fsp3) is 0.0667. The minimum absolute atomic E-state index is 0.301. The van der Waals surface area contributed by atoms with E-state index in [-0.39, 0.29) is 0 Å². The lowest BCUT2D eigenvalue weighted by Crippen LogP contribution is -1.91. The molecule has 0 saturated heterocycles. The number of hydrogen-bond donors (Lipinski definition) is 0. The molecule has 2 aromatic carbocycles. The third kappa shape index (κ3) is 3.55. The number of benzene rings is 2. The Bertz CT molecular complexity index is 606. The van der Waals surface area contributed by atoms with Crippen LogP contribution in [0.2, 0.25) is 5.02 Å². The van der Waals surface area contributed by atoms with Gasteiger partial charge in [-0.25, -0.2) is 0 Å². The fourth-order valence-corrected chi connectivity index (χ4v) is 3.17. The lowest BCUT2D eigenvalue weighted by molar-refractivity contribution is 1.54. The predicted octanol–water partition coefficient (Wildman–Crippen LogP) is 6.45. The summed E-state index contributed by atoms with van der Waals surface area (Å²) in [5, 5.41) is 1.25. The van der Waals surface area contributed by atoms with Crippen molar-refractivity contribution in [1.82, 2.24) is 0 Å². The standard InChI is InChI=1S/C15H10BrCl3/c16-11-6-7-12(14(18)8-11)13(9-17)15(19)10-4-2-1-3-5-10/h1-8H,9H2/b15-13+. The zero-order valence-corrected chi connectivity index (χ0v) is 13.7. The molecule has 0 amide bonds. The highest BCUT2D eigenvalue weighted by atomic mass is 79.9. The van der Waals surface area contributed by atoms with Gasteiger partial charge in [0, 0.05) is 15.4 Å². The second-order valence-electron chi connectivity index (χ2n) is 3.92. The number of halogens is 4. The molecule has 2 aromatic rings. The number of allylic oxidation sites excluding steroid dienone is 1. The summed E-state index contributed by atoms with van der Waals surface area (Å²) in [7, 11) is 0. The average Bonchev–Trinajstić information content (AvgIpc) is 2.42. The first kappa shape index (κ1) is 14.9. The van der Waals surface area contributed by atoms with Crippen LogP contribution in [-0.4, -0.2) is 5.88 Å². The van der Waals surface area contributed by atoms with Crippen LogP contribution in [0.5, 0.6) is 0 Å². The second kappa shape index (κ2) is 6.81. The van der Waals surface area contributed by atoms with Crippen molar-refractivity contribution >= 4 is 61.3 Å². The molecular weight excluding hydrogens is 366 g/mol. The van der Waals surface area contributed by atoms with E-state index >= 15 is 0 Å². The third-order valence-corrected chi connectivity index (χ3v) is 4.20. The molecule has 0 aliphatic heterocycles. The van der Waals surface area contributed by atoms with E-state index < -0.39 is 0 Å². The molecule has 0 fully saturated rings. The lowest BCUT2D eigenvalue weighted by atomic mass is 10.0. The Labute approximate surface area is 136 Å². The van der Waals surface area contributed by atoms with E-state index in [1.165, 1.54) is 0 Å². The van der Waals surface area contributed by atoms with E-state index in [4.69, 9.17) is 34.8 Å². The highest BCUT2D eigenvalue weighted by molar-refractivity contribution is 9.10. The minimum atomic E-state index is 0.301. The largest absolute Gasteiger partial charge is 0.121 e. The summed E-state index contributed by atoms with van der Waals surface area (Å²) in [6, 6.07) is 15.4. The number of rotatable bonds is 3. The zero-order chi connectivity index (χ0) is 13.8. The van der Waals surface area contributed by atoms with Crippen molar-refractivity contribution in [2.24, 2.45) is 0 Å². The molecule has 0 bridgehead atoms. The molecule has 0 aromatic heterocycles. The molecule has 0 heterocycles. The highest BCUT2D eigenvalue weighted by Crippen LogP contribution is 2.35. The quantitative estimate of drug-likeness (QED) is 0.427. The number of alkyl halides is 1. The van der Waals surface area contributed by atoms with E-state index in [1.54, 1.807) is 0 Å². The first-order valence-corrected chi connectivity index (χ1v) is 7.67. The molecule has 0 unspecified atom stereocenters. The van der Waals surface area contributed by atoms with Crippen molar-refractivity contribution in [3.05, 3.63) is 69.2 Å². The predicted molar refractivity (Wildman–Crippen MR) is 89.0 cm³/mol. The molecule has 0 spiro atoms. The summed E-state index contributed by atoms with van der Waals surface area (Å²) in [4.78, 5) is 0. The summed E-state index contributed by atoms with van der Waals surface area (Å²) >= 11 is 22.1. The van der Waals surface area contributed by atoms with Gasteiger partial charge in [0.2, 0.25) is 0 Å². The molecule has 0 atom stereocenters. The third-order valence-electron chi connectivity index (χ3n) is 2.68. The molecule has 0 radical (unpaired) electrons. The molecule has 0 saturated carbocycles. The SMILES string of the molecule is ClC/C(=C(\Cl)c1ccccc1)c1ccc(Br)cc1Cl. The van der Waals surface area contributed by atoms with Crippen LogP contribution in [0.3, 0.4) is 0 Å². The van der Waals surface area contributed by atoms with E-state index in [0.717, 1.165) is 21.2 Å². The maximum Gasteiger partial charge on any atom is 0.0529 e. The van der Waals surface area contributed by atoms with Gasteiger partial charge in [0.05, 0.1) is 5.03 Å². The second-order valence-corrected chi connectivity index (χ2v) is 5.88. The van der Waals surface area contributed by atoms with Crippen LogP contribution in [0.1, 0.15) is 11.1 Å². The van der Waals surface area contributed by atoms with Crippen molar-refractivity contribution < 1.29 is 0 Å². The monoisotopic (exact) mass is 374 g/mol. The molecule has 0 N–H and O–H groups in total. The topological polar surface area (TPSA) is 0 Å². The van der Waals surface area contributed by atoms with Crippen LogP contribution >= 0.6 is 50.7 Å². The van der Waals surface area contributed by atoms with Crippen molar-refractivity contribution in [1.29, 1.82) is 0 Å². The van der Waals surface area contributed by atoms with Gasteiger partial charge in [-0.2, -0.15) is 0 Å². The van der Waals surface area contributed by atoms with Gasteiger partial charge in [0.15, 0.2) is 0 Å².